The van der Waals surface area contributed by atoms with Crippen molar-refractivity contribution in [2.45, 2.75) is 6.92 Å². The summed E-state index contributed by atoms with van der Waals surface area (Å²) in [7, 11) is 1.81. The molecule has 1 aromatic carbocycles. The molecule has 5 heteroatoms. The van der Waals surface area contributed by atoms with Crippen molar-refractivity contribution in [3.05, 3.63) is 69.8 Å². The van der Waals surface area contributed by atoms with Crippen LogP contribution in [-0.4, -0.2) is 15.6 Å². The maximum atomic E-state index is 12.2. The summed E-state index contributed by atoms with van der Waals surface area (Å²) in [6, 6.07) is 8.65. The number of benzene rings is 1. The van der Waals surface area contributed by atoms with Crippen LogP contribution in [0.5, 0.6) is 0 Å². The van der Waals surface area contributed by atoms with E-state index in [1.165, 1.54) is 6.08 Å². The highest BCUT2D eigenvalue weighted by atomic mass is 16.4. The average Bonchev–Trinajstić information content (AvgIpc) is 2.82. The molecule has 0 spiro atoms. The Hall–Kier alpha value is -2.95. The number of ketones is 1. The summed E-state index contributed by atoms with van der Waals surface area (Å²) in [5.74, 6) is -0.386. The zero-order valence-corrected chi connectivity index (χ0v) is 12.2. The van der Waals surface area contributed by atoms with Crippen LogP contribution in [0.1, 0.15) is 21.6 Å². The van der Waals surface area contributed by atoms with Crippen molar-refractivity contribution in [2.75, 3.05) is 0 Å². The van der Waals surface area contributed by atoms with Crippen LogP contribution in [-0.2, 0) is 7.05 Å². The number of nitrogens with zero attached hydrogens (tertiary/aromatic N) is 2. The SMILES string of the molecule is Cc1nn(C)cc1/C=C/C(=O)c1cc2ccccc2oc1=O. The Bertz CT molecular complexity index is 948. The van der Waals surface area contributed by atoms with E-state index in [0.29, 0.717) is 5.58 Å². The molecule has 0 bridgehead atoms. The average molecular weight is 294 g/mol. The van der Waals surface area contributed by atoms with Gasteiger partial charge in [0.2, 0.25) is 0 Å². The lowest BCUT2D eigenvalue weighted by Gasteiger charge is -1.98. The first-order valence-corrected chi connectivity index (χ1v) is 6.80. The molecule has 0 saturated heterocycles. The molecule has 0 aliphatic heterocycles. The van der Waals surface area contributed by atoms with Gasteiger partial charge in [0.25, 0.3) is 0 Å². The summed E-state index contributed by atoms with van der Waals surface area (Å²) in [4.78, 5) is 24.1. The molecule has 0 N–H and O–H groups in total. The largest absolute Gasteiger partial charge is 0.422 e. The van der Waals surface area contributed by atoms with Crippen molar-refractivity contribution in [1.29, 1.82) is 0 Å². The van der Waals surface area contributed by atoms with Gasteiger partial charge >= 0.3 is 5.63 Å². The second-order valence-corrected chi connectivity index (χ2v) is 5.03. The number of allylic oxidation sites excluding steroid dienone is 1. The molecule has 3 aromatic rings. The van der Waals surface area contributed by atoms with E-state index < -0.39 is 5.63 Å². The number of aromatic nitrogens is 2. The normalized spacial score (nSPS) is 11.4. The zero-order chi connectivity index (χ0) is 15.7. The van der Waals surface area contributed by atoms with Gasteiger partial charge in [-0.1, -0.05) is 18.2 Å². The number of carbonyl (C=O) groups excluding carboxylic acids is 1. The number of aryl methyl sites for hydroxylation is 2. The van der Waals surface area contributed by atoms with E-state index in [2.05, 4.69) is 5.10 Å². The molecular formula is C17H14N2O3. The van der Waals surface area contributed by atoms with E-state index in [9.17, 15) is 9.59 Å². The fourth-order valence-electron chi connectivity index (χ4n) is 2.27. The molecule has 22 heavy (non-hydrogen) atoms. The van der Waals surface area contributed by atoms with Gasteiger partial charge in [-0.3, -0.25) is 9.48 Å². The molecule has 5 nitrogen and oxygen atoms in total. The van der Waals surface area contributed by atoms with E-state index in [4.69, 9.17) is 4.42 Å². The number of fused-ring (bicyclic) bond motifs is 1. The van der Waals surface area contributed by atoms with E-state index in [-0.39, 0.29) is 11.3 Å². The van der Waals surface area contributed by atoms with Crippen LogP contribution in [0.4, 0.5) is 0 Å². The summed E-state index contributed by atoms with van der Waals surface area (Å²) in [6.07, 6.45) is 4.83. The van der Waals surface area contributed by atoms with Gasteiger partial charge < -0.3 is 4.42 Å². The molecule has 110 valence electrons. The van der Waals surface area contributed by atoms with Crippen molar-refractivity contribution in [3.63, 3.8) is 0 Å². The molecule has 0 saturated carbocycles. The summed E-state index contributed by atoms with van der Waals surface area (Å²) in [5.41, 5.74) is 1.52. The molecule has 0 aliphatic rings. The molecule has 0 unspecified atom stereocenters. The highest BCUT2D eigenvalue weighted by molar-refractivity contribution is 6.07. The quantitative estimate of drug-likeness (QED) is 0.423. The van der Waals surface area contributed by atoms with Gasteiger partial charge in [0.1, 0.15) is 11.1 Å². The zero-order valence-electron chi connectivity index (χ0n) is 12.2. The van der Waals surface area contributed by atoms with Gasteiger partial charge in [-0.2, -0.15) is 5.10 Å². The van der Waals surface area contributed by atoms with Crippen molar-refractivity contribution in [2.24, 2.45) is 7.05 Å². The molecular weight excluding hydrogens is 280 g/mol. The molecule has 0 atom stereocenters. The monoisotopic (exact) mass is 294 g/mol. The van der Waals surface area contributed by atoms with Crippen molar-refractivity contribution >= 4 is 22.8 Å². The van der Waals surface area contributed by atoms with Gasteiger partial charge in [0, 0.05) is 24.2 Å². The van der Waals surface area contributed by atoms with Gasteiger partial charge in [-0.05, 0) is 31.2 Å². The van der Waals surface area contributed by atoms with E-state index in [0.717, 1.165) is 16.6 Å². The Balaban J connectivity index is 1.97. The molecule has 0 fully saturated rings. The molecule has 3 rings (SSSR count). The maximum absolute atomic E-state index is 12.2. The lowest BCUT2D eigenvalue weighted by molar-refractivity contribution is 0.104. The first-order valence-electron chi connectivity index (χ1n) is 6.80. The Kier molecular flexibility index (Phi) is 3.47. The third-order valence-corrected chi connectivity index (χ3v) is 3.37. The number of rotatable bonds is 3. The first kappa shape index (κ1) is 14.0. The van der Waals surface area contributed by atoms with Gasteiger partial charge in [-0.15, -0.1) is 0 Å². The number of hydrogen-bond acceptors (Lipinski definition) is 4. The van der Waals surface area contributed by atoms with Gasteiger partial charge in [-0.25, -0.2) is 4.79 Å². The van der Waals surface area contributed by atoms with Gasteiger partial charge in [0.15, 0.2) is 5.78 Å². The highest BCUT2D eigenvalue weighted by Crippen LogP contribution is 2.14. The second-order valence-electron chi connectivity index (χ2n) is 5.03. The van der Waals surface area contributed by atoms with Crippen molar-refractivity contribution in [1.82, 2.24) is 9.78 Å². The predicted molar refractivity (Wildman–Crippen MR) is 83.8 cm³/mol. The standard InChI is InChI=1S/C17H14N2O3/c1-11-13(10-19(2)18-11)7-8-15(20)14-9-12-5-3-4-6-16(12)22-17(14)21/h3-10H,1-2H3/b8-7+. The minimum Gasteiger partial charge on any atom is -0.422 e. The van der Waals surface area contributed by atoms with Crippen LogP contribution in [0, 0.1) is 6.92 Å². The lowest BCUT2D eigenvalue weighted by atomic mass is 10.1. The van der Waals surface area contributed by atoms with Crippen LogP contribution in [0.25, 0.3) is 17.0 Å². The van der Waals surface area contributed by atoms with Gasteiger partial charge in [0.05, 0.1) is 5.69 Å². The topological polar surface area (TPSA) is 65.1 Å². The molecule has 0 radical (unpaired) electrons. The Labute approximate surface area is 126 Å². The van der Waals surface area contributed by atoms with Crippen molar-refractivity contribution < 1.29 is 9.21 Å². The second kappa shape index (κ2) is 5.44. The maximum Gasteiger partial charge on any atom is 0.347 e. The molecule has 0 aliphatic carbocycles. The third kappa shape index (κ3) is 2.61. The Morgan fingerprint density at radius 2 is 2.09 bits per heavy atom. The van der Waals surface area contributed by atoms with Crippen LogP contribution >= 0.6 is 0 Å². The third-order valence-electron chi connectivity index (χ3n) is 3.37. The summed E-state index contributed by atoms with van der Waals surface area (Å²) in [6.45, 7) is 1.86. The lowest BCUT2D eigenvalue weighted by Crippen LogP contribution is -2.11. The Morgan fingerprint density at radius 3 is 2.82 bits per heavy atom. The summed E-state index contributed by atoms with van der Waals surface area (Å²) < 4.78 is 6.84. The minimum atomic E-state index is -0.628. The molecule has 0 amide bonds. The number of hydrogen-bond donors (Lipinski definition) is 0. The number of para-hydroxylation sites is 1. The Morgan fingerprint density at radius 1 is 1.32 bits per heavy atom. The molecule has 2 heterocycles. The van der Waals surface area contributed by atoms with Crippen LogP contribution in [0.3, 0.4) is 0 Å². The summed E-state index contributed by atoms with van der Waals surface area (Å²) in [5, 5.41) is 4.91. The molecule has 2 aromatic heterocycles. The fourth-order valence-corrected chi connectivity index (χ4v) is 2.27. The first-order chi connectivity index (χ1) is 10.5. The minimum absolute atomic E-state index is 0.0245. The predicted octanol–water partition coefficient (Wildman–Crippen LogP) is 2.73. The summed E-state index contributed by atoms with van der Waals surface area (Å²) >= 11 is 0. The van der Waals surface area contributed by atoms with Crippen LogP contribution in [0.2, 0.25) is 0 Å². The van der Waals surface area contributed by atoms with E-state index >= 15 is 0 Å². The fraction of sp³-hybridized carbons (Fsp3) is 0.118. The highest BCUT2D eigenvalue weighted by Gasteiger charge is 2.11. The van der Waals surface area contributed by atoms with Crippen LogP contribution < -0.4 is 5.63 Å². The van der Waals surface area contributed by atoms with E-state index in [1.54, 1.807) is 35.0 Å². The van der Waals surface area contributed by atoms with Crippen LogP contribution in [0.15, 0.2) is 51.8 Å². The smallest absolute Gasteiger partial charge is 0.347 e. The number of carbonyl (C=O) groups is 1. The van der Waals surface area contributed by atoms with Crippen molar-refractivity contribution in [3.8, 4) is 0 Å². The van der Waals surface area contributed by atoms with E-state index in [1.807, 2.05) is 26.2 Å².